The van der Waals surface area contributed by atoms with Crippen LogP contribution in [0.15, 0.2) is 0 Å². The van der Waals surface area contributed by atoms with E-state index in [1.165, 1.54) is 12.0 Å². The molecule has 1 N–H and O–H groups in total. The van der Waals surface area contributed by atoms with Crippen molar-refractivity contribution in [2.75, 3.05) is 30.9 Å². The molecule has 15 heavy (non-hydrogen) atoms. The van der Waals surface area contributed by atoms with E-state index in [9.17, 15) is 0 Å². The van der Waals surface area contributed by atoms with Crippen LogP contribution in [-0.4, -0.2) is 35.7 Å². The van der Waals surface area contributed by atoms with Gasteiger partial charge in [0, 0.05) is 13.6 Å². The number of anilines is 2. The van der Waals surface area contributed by atoms with E-state index in [1.807, 2.05) is 13.1 Å². The van der Waals surface area contributed by atoms with E-state index >= 15 is 0 Å². The third kappa shape index (κ3) is 2.67. The first-order valence-electron chi connectivity index (χ1n) is 4.38. The van der Waals surface area contributed by atoms with Crippen LogP contribution >= 0.6 is 0 Å². The van der Waals surface area contributed by atoms with Crippen molar-refractivity contribution < 1.29 is 4.74 Å². The maximum absolute atomic E-state index is 8.69. The van der Waals surface area contributed by atoms with E-state index in [-0.39, 0.29) is 12.0 Å². The molecule has 0 aromatic carbocycles. The van der Waals surface area contributed by atoms with E-state index in [0.717, 1.165) is 0 Å². The van der Waals surface area contributed by atoms with Gasteiger partial charge in [0.05, 0.1) is 7.11 Å². The molecule has 1 heterocycles. The van der Waals surface area contributed by atoms with E-state index in [1.54, 1.807) is 7.05 Å². The number of aromatic nitrogens is 3. The Morgan fingerprint density at radius 2 is 2.20 bits per heavy atom. The molecule has 1 rings (SSSR count). The molecular weight excluding hydrogens is 196 g/mol. The fourth-order valence-electron chi connectivity index (χ4n) is 0.869. The Hall–Kier alpha value is -2.10. The summed E-state index contributed by atoms with van der Waals surface area (Å²) in [6, 6.07) is 0.179. The SMILES string of the molecule is CCNc1nc(OC)nc(N(C)C#N)n1. The molecule has 1 aromatic rings. The summed E-state index contributed by atoms with van der Waals surface area (Å²) >= 11 is 0. The molecule has 0 saturated heterocycles. The highest BCUT2D eigenvalue weighted by Gasteiger charge is 2.09. The van der Waals surface area contributed by atoms with Crippen LogP contribution in [0.2, 0.25) is 0 Å². The number of methoxy groups -OCH3 is 1. The zero-order valence-electron chi connectivity index (χ0n) is 8.85. The van der Waals surface area contributed by atoms with Crippen LogP contribution in [0, 0.1) is 11.5 Å². The molecule has 0 aliphatic carbocycles. The highest BCUT2D eigenvalue weighted by molar-refractivity contribution is 5.40. The number of rotatable bonds is 4. The van der Waals surface area contributed by atoms with Crippen LogP contribution in [0.1, 0.15) is 6.92 Å². The minimum atomic E-state index is 0.179. The topological polar surface area (TPSA) is 87.0 Å². The van der Waals surface area contributed by atoms with Crippen molar-refractivity contribution >= 4 is 11.9 Å². The monoisotopic (exact) mass is 208 g/mol. The molecule has 0 aliphatic heterocycles. The molecular formula is C8H12N6O. The van der Waals surface area contributed by atoms with Crippen LogP contribution < -0.4 is 15.0 Å². The van der Waals surface area contributed by atoms with Crippen molar-refractivity contribution in [3.05, 3.63) is 0 Å². The maximum Gasteiger partial charge on any atom is 0.322 e. The molecule has 7 nitrogen and oxygen atoms in total. The van der Waals surface area contributed by atoms with E-state index in [2.05, 4.69) is 20.3 Å². The molecule has 7 heteroatoms. The summed E-state index contributed by atoms with van der Waals surface area (Å²) in [5.74, 6) is 0.641. The van der Waals surface area contributed by atoms with Crippen LogP contribution in [0.3, 0.4) is 0 Å². The Labute approximate surface area is 87.7 Å². The Morgan fingerprint density at radius 1 is 1.47 bits per heavy atom. The fraction of sp³-hybridized carbons (Fsp3) is 0.500. The third-order valence-electron chi connectivity index (χ3n) is 1.57. The zero-order chi connectivity index (χ0) is 11.3. The molecule has 0 saturated carbocycles. The fourth-order valence-corrected chi connectivity index (χ4v) is 0.869. The summed E-state index contributed by atoms with van der Waals surface area (Å²) < 4.78 is 4.90. The van der Waals surface area contributed by atoms with Crippen molar-refractivity contribution in [3.8, 4) is 12.2 Å². The average molecular weight is 208 g/mol. The summed E-state index contributed by atoms with van der Waals surface area (Å²) in [5.41, 5.74) is 0. The van der Waals surface area contributed by atoms with E-state index < -0.39 is 0 Å². The molecule has 1 aromatic heterocycles. The summed E-state index contributed by atoms with van der Waals surface area (Å²) in [7, 11) is 3.02. The number of hydrogen-bond acceptors (Lipinski definition) is 7. The van der Waals surface area contributed by atoms with Crippen LogP contribution in [-0.2, 0) is 0 Å². The normalized spacial score (nSPS) is 9.20. The quantitative estimate of drug-likeness (QED) is 0.559. The molecule has 0 atom stereocenters. The second-order valence-electron chi connectivity index (χ2n) is 2.64. The van der Waals surface area contributed by atoms with Gasteiger partial charge in [-0.1, -0.05) is 0 Å². The highest BCUT2D eigenvalue weighted by Crippen LogP contribution is 2.12. The van der Waals surface area contributed by atoms with Gasteiger partial charge in [-0.25, -0.2) is 4.90 Å². The Balaban J connectivity index is 3.06. The van der Waals surface area contributed by atoms with Gasteiger partial charge in [-0.3, -0.25) is 0 Å². The minimum Gasteiger partial charge on any atom is -0.467 e. The lowest BCUT2D eigenvalue weighted by molar-refractivity contribution is 0.379. The smallest absolute Gasteiger partial charge is 0.322 e. The number of nitrogens with one attached hydrogen (secondary N) is 1. The standard InChI is InChI=1S/C8H12N6O/c1-4-10-6-11-7(14(2)5-9)13-8(12-6)15-3/h4H2,1-3H3,(H,10,11,12,13). The molecule has 0 aliphatic rings. The predicted molar refractivity (Wildman–Crippen MR) is 54.6 cm³/mol. The first-order valence-corrected chi connectivity index (χ1v) is 4.38. The second-order valence-corrected chi connectivity index (χ2v) is 2.64. The molecule has 0 fully saturated rings. The lowest BCUT2D eigenvalue weighted by Crippen LogP contribution is -2.15. The molecule has 0 spiro atoms. The van der Waals surface area contributed by atoms with Gasteiger partial charge in [0.1, 0.15) is 0 Å². The first-order chi connectivity index (χ1) is 7.21. The summed E-state index contributed by atoms with van der Waals surface area (Å²) in [5, 5.41) is 11.6. The van der Waals surface area contributed by atoms with Gasteiger partial charge in [0.15, 0.2) is 6.19 Å². The van der Waals surface area contributed by atoms with Crippen LogP contribution in [0.4, 0.5) is 11.9 Å². The Kier molecular flexibility index (Phi) is 3.62. The lowest BCUT2D eigenvalue weighted by atomic mass is 10.7. The Morgan fingerprint density at radius 3 is 2.73 bits per heavy atom. The molecule has 0 unspecified atom stereocenters. The molecule has 0 radical (unpaired) electrons. The van der Waals surface area contributed by atoms with Crippen molar-refractivity contribution in [1.29, 1.82) is 5.26 Å². The number of hydrogen-bond donors (Lipinski definition) is 1. The van der Waals surface area contributed by atoms with Crippen molar-refractivity contribution in [2.24, 2.45) is 0 Å². The lowest BCUT2D eigenvalue weighted by Gasteiger charge is -2.09. The molecule has 80 valence electrons. The summed E-state index contributed by atoms with van der Waals surface area (Å²) in [6.07, 6.45) is 1.90. The summed E-state index contributed by atoms with van der Waals surface area (Å²) in [6.45, 7) is 2.60. The van der Waals surface area contributed by atoms with Gasteiger partial charge < -0.3 is 10.1 Å². The van der Waals surface area contributed by atoms with E-state index in [4.69, 9.17) is 10.00 Å². The zero-order valence-corrected chi connectivity index (χ0v) is 8.85. The van der Waals surface area contributed by atoms with Crippen molar-refractivity contribution in [2.45, 2.75) is 6.92 Å². The maximum atomic E-state index is 8.69. The van der Waals surface area contributed by atoms with Gasteiger partial charge in [0.2, 0.25) is 11.9 Å². The van der Waals surface area contributed by atoms with Crippen LogP contribution in [0.5, 0.6) is 6.01 Å². The van der Waals surface area contributed by atoms with Crippen molar-refractivity contribution in [3.63, 3.8) is 0 Å². The first kappa shape index (κ1) is 11.0. The number of ether oxygens (including phenoxy) is 1. The molecule has 0 bridgehead atoms. The van der Waals surface area contributed by atoms with Gasteiger partial charge >= 0.3 is 6.01 Å². The third-order valence-corrected chi connectivity index (χ3v) is 1.57. The van der Waals surface area contributed by atoms with Crippen LogP contribution in [0.25, 0.3) is 0 Å². The van der Waals surface area contributed by atoms with Gasteiger partial charge in [-0.2, -0.15) is 20.2 Å². The number of nitrogens with zero attached hydrogens (tertiary/aromatic N) is 5. The predicted octanol–water partition coefficient (Wildman–Crippen LogP) is 0.229. The van der Waals surface area contributed by atoms with Gasteiger partial charge in [-0.15, -0.1) is 0 Å². The number of nitriles is 1. The van der Waals surface area contributed by atoms with Crippen molar-refractivity contribution in [1.82, 2.24) is 15.0 Å². The largest absolute Gasteiger partial charge is 0.467 e. The van der Waals surface area contributed by atoms with E-state index in [0.29, 0.717) is 12.5 Å². The Bertz CT molecular complexity index is 374. The summed E-state index contributed by atoms with van der Waals surface area (Å²) in [4.78, 5) is 13.1. The minimum absolute atomic E-state index is 0.179. The van der Waals surface area contributed by atoms with Gasteiger partial charge in [-0.05, 0) is 6.92 Å². The highest BCUT2D eigenvalue weighted by atomic mass is 16.5. The average Bonchev–Trinajstić information content (AvgIpc) is 2.28. The molecule has 0 amide bonds. The second kappa shape index (κ2) is 4.95. The van der Waals surface area contributed by atoms with Gasteiger partial charge in [0.25, 0.3) is 0 Å².